The lowest BCUT2D eigenvalue weighted by Gasteiger charge is -2.11. The smallest absolute Gasteiger partial charge is 0.130 e. The molecule has 1 saturated heterocycles. The van der Waals surface area contributed by atoms with Crippen LogP contribution in [0.4, 0.5) is 0 Å². The Kier molecular flexibility index (Phi) is 3.96. The van der Waals surface area contributed by atoms with Gasteiger partial charge in [0.1, 0.15) is 29.6 Å². The molecule has 1 aromatic carbocycles. The Labute approximate surface area is 106 Å². The monoisotopic (exact) mass is 240 g/mol. The Morgan fingerprint density at radius 1 is 1.28 bits per heavy atom. The second-order valence-electron chi connectivity index (χ2n) is 3.95. The van der Waals surface area contributed by atoms with E-state index in [1.807, 2.05) is 36.4 Å². The molecule has 1 aliphatic rings. The third-order valence-electron chi connectivity index (χ3n) is 2.62. The van der Waals surface area contributed by atoms with E-state index in [1.165, 1.54) is 0 Å². The maximum absolute atomic E-state index is 8.65. The minimum absolute atomic E-state index is 0.0906. The Hall–Kier alpha value is -2.30. The largest absolute Gasteiger partial charge is 0.488 e. The van der Waals surface area contributed by atoms with Crippen LogP contribution in [0.5, 0.6) is 5.75 Å². The minimum atomic E-state index is 0.0906. The van der Waals surface area contributed by atoms with Crippen molar-refractivity contribution in [3.05, 3.63) is 35.4 Å². The average molecular weight is 240 g/mol. The van der Waals surface area contributed by atoms with E-state index in [-0.39, 0.29) is 11.7 Å². The highest BCUT2D eigenvalue weighted by Gasteiger charge is 2.16. The van der Waals surface area contributed by atoms with Gasteiger partial charge in [0.15, 0.2) is 0 Å². The molecule has 1 unspecified atom stereocenters. The van der Waals surface area contributed by atoms with Crippen LogP contribution in [-0.2, 0) is 4.74 Å². The predicted molar refractivity (Wildman–Crippen MR) is 65.5 cm³/mol. The first-order valence-electron chi connectivity index (χ1n) is 5.68. The van der Waals surface area contributed by atoms with Crippen LogP contribution in [-0.4, -0.2) is 19.3 Å². The lowest BCUT2D eigenvalue weighted by Crippen LogP contribution is -2.15. The van der Waals surface area contributed by atoms with Crippen LogP contribution in [0.1, 0.15) is 12.0 Å². The summed E-state index contributed by atoms with van der Waals surface area (Å²) in [4.78, 5) is 0. The Bertz CT molecular complexity index is 498. The van der Waals surface area contributed by atoms with E-state index < -0.39 is 0 Å². The highest BCUT2D eigenvalue weighted by Crippen LogP contribution is 2.18. The van der Waals surface area contributed by atoms with Crippen molar-refractivity contribution in [1.82, 2.24) is 0 Å². The van der Waals surface area contributed by atoms with E-state index in [0.29, 0.717) is 6.61 Å². The number of allylic oxidation sites excluding steroid dienone is 1. The van der Waals surface area contributed by atoms with Crippen molar-refractivity contribution < 1.29 is 9.47 Å². The molecule has 0 bridgehead atoms. The highest BCUT2D eigenvalue weighted by atomic mass is 16.5. The molecule has 0 amide bonds. The van der Waals surface area contributed by atoms with Crippen LogP contribution in [0.15, 0.2) is 29.8 Å². The zero-order valence-electron chi connectivity index (χ0n) is 9.80. The molecule has 1 aliphatic heterocycles. The van der Waals surface area contributed by atoms with Crippen LogP contribution < -0.4 is 4.74 Å². The number of hydrogen-bond acceptors (Lipinski definition) is 4. The summed E-state index contributed by atoms with van der Waals surface area (Å²) in [5, 5.41) is 17.3. The quantitative estimate of drug-likeness (QED) is 0.760. The van der Waals surface area contributed by atoms with Crippen molar-refractivity contribution in [2.24, 2.45) is 0 Å². The summed E-state index contributed by atoms with van der Waals surface area (Å²) in [5.74, 6) is 0.776. The normalized spacial score (nSPS) is 17.6. The lowest BCUT2D eigenvalue weighted by molar-refractivity contribution is 0.141. The Morgan fingerprint density at radius 2 is 2.00 bits per heavy atom. The molecule has 1 atom stereocenters. The van der Waals surface area contributed by atoms with Gasteiger partial charge in [0.05, 0.1) is 13.2 Å². The van der Waals surface area contributed by atoms with Crippen LogP contribution in [0.3, 0.4) is 0 Å². The van der Waals surface area contributed by atoms with E-state index in [0.717, 1.165) is 24.3 Å². The standard InChI is InChI=1S/C14H12N2O2/c15-8-12(9-16)7-11-1-3-13(4-2-11)18-14-5-6-17-10-14/h1-4,7,14H,5-6,10H2. The summed E-state index contributed by atoms with van der Waals surface area (Å²) in [5.41, 5.74) is 0.899. The fourth-order valence-electron chi connectivity index (χ4n) is 1.70. The lowest BCUT2D eigenvalue weighted by atomic mass is 10.1. The summed E-state index contributed by atoms with van der Waals surface area (Å²) < 4.78 is 10.9. The van der Waals surface area contributed by atoms with Crippen molar-refractivity contribution in [2.75, 3.05) is 13.2 Å². The minimum Gasteiger partial charge on any atom is -0.488 e. The van der Waals surface area contributed by atoms with E-state index >= 15 is 0 Å². The highest BCUT2D eigenvalue weighted by molar-refractivity contribution is 5.62. The van der Waals surface area contributed by atoms with Crippen molar-refractivity contribution in [3.63, 3.8) is 0 Å². The van der Waals surface area contributed by atoms with Gasteiger partial charge in [0, 0.05) is 6.42 Å². The molecular formula is C14H12N2O2. The van der Waals surface area contributed by atoms with Crippen LogP contribution in [0, 0.1) is 22.7 Å². The number of nitrogens with zero attached hydrogens (tertiary/aromatic N) is 2. The molecule has 4 nitrogen and oxygen atoms in total. The van der Waals surface area contributed by atoms with E-state index in [4.69, 9.17) is 20.0 Å². The van der Waals surface area contributed by atoms with Crippen LogP contribution in [0.2, 0.25) is 0 Å². The van der Waals surface area contributed by atoms with Gasteiger partial charge in [-0.05, 0) is 23.8 Å². The van der Waals surface area contributed by atoms with Crippen molar-refractivity contribution in [2.45, 2.75) is 12.5 Å². The molecule has 0 N–H and O–H groups in total. The topological polar surface area (TPSA) is 66.0 Å². The number of nitriles is 2. The Morgan fingerprint density at radius 3 is 2.56 bits per heavy atom. The third kappa shape index (κ3) is 3.10. The van der Waals surface area contributed by atoms with Gasteiger partial charge in [-0.25, -0.2) is 0 Å². The number of hydrogen-bond donors (Lipinski definition) is 0. The second kappa shape index (κ2) is 5.86. The zero-order valence-corrected chi connectivity index (χ0v) is 9.80. The van der Waals surface area contributed by atoms with Gasteiger partial charge in [0.2, 0.25) is 0 Å². The molecule has 0 aliphatic carbocycles. The molecule has 2 rings (SSSR count). The fraction of sp³-hybridized carbons (Fsp3) is 0.286. The molecule has 90 valence electrons. The van der Waals surface area contributed by atoms with Crippen LogP contribution in [0.25, 0.3) is 6.08 Å². The first-order chi connectivity index (χ1) is 8.81. The summed E-state index contributed by atoms with van der Waals surface area (Å²) in [7, 11) is 0. The summed E-state index contributed by atoms with van der Waals surface area (Å²) in [6, 6.07) is 10.9. The van der Waals surface area contributed by atoms with Crippen molar-refractivity contribution in [3.8, 4) is 17.9 Å². The molecule has 4 heteroatoms. The van der Waals surface area contributed by atoms with Gasteiger partial charge in [-0.2, -0.15) is 10.5 Å². The fourth-order valence-corrected chi connectivity index (χ4v) is 1.70. The van der Waals surface area contributed by atoms with Gasteiger partial charge in [-0.15, -0.1) is 0 Å². The van der Waals surface area contributed by atoms with Gasteiger partial charge in [-0.3, -0.25) is 0 Å². The van der Waals surface area contributed by atoms with Crippen molar-refractivity contribution >= 4 is 6.08 Å². The van der Waals surface area contributed by atoms with Gasteiger partial charge >= 0.3 is 0 Å². The number of rotatable bonds is 3. The SMILES string of the molecule is N#CC(C#N)=Cc1ccc(OC2CCOC2)cc1. The maximum atomic E-state index is 8.65. The molecule has 1 fully saturated rings. The Balaban J connectivity index is 2.04. The van der Waals surface area contributed by atoms with Gasteiger partial charge in [-0.1, -0.05) is 12.1 Å². The van der Waals surface area contributed by atoms with E-state index in [2.05, 4.69) is 0 Å². The molecule has 1 heterocycles. The molecule has 18 heavy (non-hydrogen) atoms. The molecule has 0 spiro atoms. The molecule has 0 aromatic heterocycles. The maximum Gasteiger partial charge on any atom is 0.130 e. The summed E-state index contributed by atoms with van der Waals surface area (Å²) >= 11 is 0. The molecule has 0 saturated carbocycles. The molecule has 1 aromatic rings. The number of benzene rings is 1. The summed E-state index contributed by atoms with van der Waals surface area (Å²) in [6.07, 6.45) is 2.58. The zero-order chi connectivity index (χ0) is 12.8. The molecule has 0 radical (unpaired) electrons. The third-order valence-corrected chi connectivity index (χ3v) is 2.62. The molecular weight excluding hydrogens is 228 g/mol. The van der Waals surface area contributed by atoms with Crippen molar-refractivity contribution in [1.29, 1.82) is 10.5 Å². The van der Waals surface area contributed by atoms with Gasteiger partial charge in [0.25, 0.3) is 0 Å². The van der Waals surface area contributed by atoms with E-state index in [1.54, 1.807) is 6.08 Å². The predicted octanol–water partition coefficient (Wildman–Crippen LogP) is 2.28. The average Bonchev–Trinajstić information content (AvgIpc) is 2.91. The summed E-state index contributed by atoms with van der Waals surface area (Å²) in [6.45, 7) is 1.38. The van der Waals surface area contributed by atoms with Crippen LogP contribution >= 0.6 is 0 Å². The first kappa shape index (κ1) is 12.2. The van der Waals surface area contributed by atoms with Gasteiger partial charge < -0.3 is 9.47 Å². The van der Waals surface area contributed by atoms with E-state index in [9.17, 15) is 0 Å². The second-order valence-corrected chi connectivity index (χ2v) is 3.95. The first-order valence-corrected chi connectivity index (χ1v) is 5.68. The number of ether oxygens (including phenoxy) is 2.